The highest BCUT2D eigenvalue weighted by atomic mass is 16.2. The van der Waals surface area contributed by atoms with E-state index < -0.39 is 0 Å². The van der Waals surface area contributed by atoms with Crippen LogP contribution in [-0.4, -0.2) is 48.1 Å². The van der Waals surface area contributed by atoms with Gasteiger partial charge in [-0.1, -0.05) is 6.92 Å². The number of rotatable bonds is 4. The fourth-order valence-electron chi connectivity index (χ4n) is 2.49. The maximum Gasteiger partial charge on any atom is 0.267 e. The van der Waals surface area contributed by atoms with E-state index in [1.54, 1.807) is 0 Å². The summed E-state index contributed by atoms with van der Waals surface area (Å²) in [5, 5.41) is 6.70. The van der Waals surface area contributed by atoms with Gasteiger partial charge in [-0.15, -0.1) is 0 Å². The normalized spacial score (nSPS) is 24.6. The summed E-state index contributed by atoms with van der Waals surface area (Å²) in [6.45, 7) is 4.95. The van der Waals surface area contributed by atoms with Crippen molar-refractivity contribution < 1.29 is 9.59 Å². The Kier molecular flexibility index (Phi) is 4.30. The number of hydrogen-bond donors (Lipinski definition) is 2. The maximum absolute atomic E-state index is 11.8. The fourth-order valence-corrected chi connectivity index (χ4v) is 2.49. The zero-order valence-corrected chi connectivity index (χ0v) is 10.7. The van der Waals surface area contributed by atoms with Gasteiger partial charge in [0.1, 0.15) is 5.71 Å². The minimum atomic E-state index is -0.155. The van der Waals surface area contributed by atoms with Crippen LogP contribution in [-0.2, 0) is 9.59 Å². The topological polar surface area (TPSA) is 73.8 Å². The Morgan fingerprint density at radius 2 is 2.39 bits per heavy atom. The monoisotopic (exact) mass is 252 g/mol. The third kappa shape index (κ3) is 3.07. The van der Waals surface area contributed by atoms with E-state index in [9.17, 15) is 9.59 Å². The van der Waals surface area contributed by atoms with Gasteiger partial charge in [0.25, 0.3) is 5.91 Å². The lowest BCUT2D eigenvalue weighted by molar-refractivity contribution is -0.121. The first kappa shape index (κ1) is 13.0. The van der Waals surface area contributed by atoms with Gasteiger partial charge in [-0.05, 0) is 25.9 Å². The van der Waals surface area contributed by atoms with E-state index in [1.165, 1.54) is 6.42 Å². The number of carbonyl (C=O) groups excluding carboxylic acids is 2. The van der Waals surface area contributed by atoms with E-state index in [-0.39, 0.29) is 11.8 Å². The maximum atomic E-state index is 11.8. The van der Waals surface area contributed by atoms with Gasteiger partial charge in [-0.3, -0.25) is 14.5 Å². The average Bonchev–Trinajstić information content (AvgIpc) is 2.84. The van der Waals surface area contributed by atoms with Crippen molar-refractivity contribution in [1.29, 1.82) is 0 Å². The van der Waals surface area contributed by atoms with Crippen molar-refractivity contribution in [3.63, 3.8) is 0 Å². The van der Waals surface area contributed by atoms with Crippen molar-refractivity contribution in [2.24, 2.45) is 5.10 Å². The van der Waals surface area contributed by atoms with Crippen molar-refractivity contribution in [1.82, 2.24) is 15.6 Å². The van der Waals surface area contributed by atoms with Crippen molar-refractivity contribution in [2.45, 2.75) is 38.6 Å². The largest absolute Gasteiger partial charge is 0.349 e. The van der Waals surface area contributed by atoms with Gasteiger partial charge >= 0.3 is 0 Å². The predicted octanol–water partition coefficient (Wildman–Crippen LogP) is -0.147. The molecule has 0 aromatic carbocycles. The summed E-state index contributed by atoms with van der Waals surface area (Å²) in [5.74, 6) is -0.280. The predicted molar refractivity (Wildman–Crippen MR) is 68.1 cm³/mol. The van der Waals surface area contributed by atoms with E-state index in [2.05, 4.69) is 27.7 Å². The molecule has 1 fully saturated rings. The second-order valence-electron chi connectivity index (χ2n) is 4.73. The van der Waals surface area contributed by atoms with E-state index in [0.717, 1.165) is 19.5 Å². The number of hydrogen-bond acceptors (Lipinski definition) is 4. The van der Waals surface area contributed by atoms with E-state index in [0.29, 0.717) is 31.1 Å². The molecule has 2 heterocycles. The van der Waals surface area contributed by atoms with Gasteiger partial charge in [0.15, 0.2) is 0 Å². The summed E-state index contributed by atoms with van der Waals surface area (Å²) in [5.41, 5.74) is 2.77. The second-order valence-corrected chi connectivity index (χ2v) is 4.73. The standard InChI is InChI=1S/C12H20N4O2/c1-2-16-7-3-4-9(16)8-13-12(18)10-5-6-11(17)15-14-10/h9H,2-8H2,1H3,(H,13,18)(H,15,17)/t9-/m0/s1. The van der Waals surface area contributed by atoms with E-state index in [1.807, 2.05) is 0 Å². The highest BCUT2D eigenvalue weighted by Crippen LogP contribution is 2.15. The Balaban J connectivity index is 1.79. The number of likely N-dealkylation sites (tertiary alicyclic amines) is 1. The Morgan fingerprint density at radius 1 is 1.56 bits per heavy atom. The Labute approximate surface area is 107 Å². The summed E-state index contributed by atoms with van der Waals surface area (Å²) in [4.78, 5) is 25.1. The summed E-state index contributed by atoms with van der Waals surface area (Å²) in [6, 6.07) is 0.442. The SMILES string of the molecule is CCN1CCC[C@H]1CNC(=O)C1=NNC(=O)CC1. The highest BCUT2D eigenvalue weighted by molar-refractivity contribution is 6.39. The molecule has 0 saturated carbocycles. The fraction of sp³-hybridized carbons (Fsp3) is 0.750. The molecule has 2 aliphatic rings. The summed E-state index contributed by atoms with van der Waals surface area (Å²) >= 11 is 0. The first-order chi connectivity index (χ1) is 8.70. The van der Waals surface area contributed by atoms with Crippen LogP contribution >= 0.6 is 0 Å². The molecule has 100 valence electrons. The van der Waals surface area contributed by atoms with Crippen LogP contribution in [0, 0.1) is 0 Å². The molecule has 6 nitrogen and oxygen atoms in total. The van der Waals surface area contributed by atoms with Crippen LogP contribution in [0.4, 0.5) is 0 Å². The molecular weight excluding hydrogens is 232 g/mol. The summed E-state index contributed by atoms with van der Waals surface area (Å²) in [7, 11) is 0. The number of nitrogens with one attached hydrogen (secondary N) is 2. The molecule has 0 radical (unpaired) electrons. The minimum absolute atomic E-state index is 0.125. The number of hydrazone groups is 1. The van der Waals surface area contributed by atoms with Gasteiger partial charge in [-0.25, -0.2) is 5.43 Å². The molecule has 0 aliphatic carbocycles. The molecular formula is C12H20N4O2. The van der Waals surface area contributed by atoms with Crippen LogP contribution in [0.1, 0.15) is 32.6 Å². The van der Waals surface area contributed by atoms with Crippen LogP contribution in [0.5, 0.6) is 0 Å². The van der Waals surface area contributed by atoms with Crippen molar-refractivity contribution in [3.05, 3.63) is 0 Å². The number of amides is 2. The zero-order chi connectivity index (χ0) is 13.0. The Hall–Kier alpha value is -1.43. The lowest BCUT2D eigenvalue weighted by Gasteiger charge is -2.23. The minimum Gasteiger partial charge on any atom is -0.349 e. The van der Waals surface area contributed by atoms with Gasteiger partial charge in [0, 0.05) is 25.4 Å². The van der Waals surface area contributed by atoms with Crippen LogP contribution in [0.2, 0.25) is 0 Å². The van der Waals surface area contributed by atoms with E-state index in [4.69, 9.17) is 0 Å². The lowest BCUT2D eigenvalue weighted by Crippen LogP contribution is -2.43. The first-order valence-corrected chi connectivity index (χ1v) is 6.58. The number of carbonyl (C=O) groups is 2. The number of likely N-dealkylation sites (N-methyl/N-ethyl adjacent to an activating group) is 1. The third-order valence-electron chi connectivity index (χ3n) is 3.57. The molecule has 0 bridgehead atoms. The van der Waals surface area contributed by atoms with Gasteiger partial charge in [0.05, 0.1) is 0 Å². The molecule has 6 heteroatoms. The van der Waals surface area contributed by atoms with Crippen molar-refractivity contribution in [3.8, 4) is 0 Å². The molecule has 0 spiro atoms. The van der Waals surface area contributed by atoms with Gasteiger partial charge < -0.3 is 5.32 Å². The quantitative estimate of drug-likeness (QED) is 0.731. The van der Waals surface area contributed by atoms with Crippen LogP contribution in [0.25, 0.3) is 0 Å². The third-order valence-corrected chi connectivity index (χ3v) is 3.57. The Morgan fingerprint density at radius 3 is 3.06 bits per heavy atom. The lowest BCUT2D eigenvalue weighted by atomic mass is 10.1. The second kappa shape index (κ2) is 5.95. The molecule has 2 N–H and O–H groups in total. The molecule has 18 heavy (non-hydrogen) atoms. The van der Waals surface area contributed by atoms with Crippen molar-refractivity contribution >= 4 is 17.5 Å². The van der Waals surface area contributed by atoms with Crippen LogP contribution in [0.3, 0.4) is 0 Å². The zero-order valence-electron chi connectivity index (χ0n) is 10.7. The smallest absolute Gasteiger partial charge is 0.267 e. The van der Waals surface area contributed by atoms with Crippen LogP contribution < -0.4 is 10.7 Å². The molecule has 1 atom stereocenters. The van der Waals surface area contributed by atoms with Crippen LogP contribution in [0.15, 0.2) is 5.10 Å². The molecule has 1 saturated heterocycles. The molecule has 0 aromatic heterocycles. The average molecular weight is 252 g/mol. The first-order valence-electron chi connectivity index (χ1n) is 6.58. The highest BCUT2D eigenvalue weighted by Gasteiger charge is 2.24. The molecule has 2 aliphatic heterocycles. The van der Waals surface area contributed by atoms with Gasteiger partial charge in [0.2, 0.25) is 5.91 Å². The molecule has 2 rings (SSSR count). The molecule has 0 aromatic rings. The van der Waals surface area contributed by atoms with E-state index >= 15 is 0 Å². The summed E-state index contributed by atoms with van der Waals surface area (Å²) in [6.07, 6.45) is 3.11. The Bertz CT molecular complexity index is 367. The molecule has 0 unspecified atom stereocenters. The molecule has 2 amide bonds. The summed E-state index contributed by atoms with van der Waals surface area (Å²) < 4.78 is 0. The van der Waals surface area contributed by atoms with Gasteiger partial charge in [-0.2, -0.15) is 5.10 Å². The van der Waals surface area contributed by atoms with Crippen molar-refractivity contribution in [2.75, 3.05) is 19.6 Å². The number of nitrogens with zero attached hydrogens (tertiary/aromatic N) is 2.